The number of hydrogen-bond donors (Lipinski definition) is 2. The summed E-state index contributed by atoms with van der Waals surface area (Å²) in [7, 11) is 0. The van der Waals surface area contributed by atoms with Gasteiger partial charge < -0.3 is 5.73 Å². The number of carbonyl (C=O) groups is 2. The van der Waals surface area contributed by atoms with Gasteiger partial charge in [-0.15, -0.1) is 11.3 Å². The van der Waals surface area contributed by atoms with Crippen molar-refractivity contribution >= 4 is 51.3 Å². The SMILES string of the molecule is NC(=O)C1CC(C(=O)Nc2nc(-c3ccc(F)c(Cl)c3)cs2)=NN1c1ccccc1. The molecule has 1 aliphatic rings. The number of para-hydroxylation sites is 1. The van der Waals surface area contributed by atoms with Crippen molar-refractivity contribution in [3.8, 4) is 11.3 Å². The molecule has 1 atom stereocenters. The number of rotatable bonds is 5. The molecule has 0 fully saturated rings. The highest BCUT2D eigenvalue weighted by Crippen LogP contribution is 2.29. The van der Waals surface area contributed by atoms with Crippen LogP contribution in [-0.2, 0) is 9.59 Å². The molecule has 2 amide bonds. The summed E-state index contributed by atoms with van der Waals surface area (Å²) in [4.78, 5) is 28.9. The minimum absolute atomic E-state index is 0.00936. The predicted molar refractivity (Wildman–Crippen MR) is 115 cm³/mol. The number of benzene rings is 2. The van der Waals surface area contributed by atoms with Gasteiger partial charge in [-0.2, -0.15) is 5.10 Å². The van der Waals surface area contributed by atoms with E-state index in [0.717, 1.165) is 0 Å². The van der Waals surface area contributed by atoms with E-state index in [0.29, 0.717) is 22.1 Å². The highest BCUT2D eigenvalue weighted by molar-refractivity contribution is 7.14. The van der Waals surface area contributed by atoms with Gasteiger partial charge in [-0.1, -0.05) is 29.8 Å². The topological polar surface area (TPSA) is 101 Å². The molecule has 2 aromatic carbocycles. The summed E-state index contributed by atoms with van der Waals surface area (Å²) in [5.74, 6) is -1.57. The summed E-state index contributed by atoms with van der Waals surface area (Å²) in [6.07, 6.45) is 0.0852. The van der Waals surface area contributed by atoms with Crippen LogP contribution in [0.15, 0.2) is 59.0 Å². The third kappa shape index (κ3) is 4.03. The van der Waals surface area contributed by atoms with Crippen LogP contribution in [0, 0.1) is 5.82 Å². The molecule has 0 bridgehead atoms. The lowest BCUT2D eigenvalue weighted by molar-refractivity contribution is -0.119. The molecule has 1 unspecified atom stereocenters. The smallest absolute Gasteiger partial charge is 0.273 e. The van der Waals surface area contributed by atoms with E-state index in [4.69, 9.17) is 17.3 Å². The maximum atomic E-state index is 13.4. The first kappa shape index (κ1) is 20.0. The van der Waals surface area contributed by atoms with Crippen LogP contribution in [0.2, 0.25) is 5.02 Å². The van der Waals surface area contributed by atoms with E-state index in [2.05, 4.69) is 15.4 Å². The fourth-order valence-corrected chi connectivity index (χ4v) is 3.87. The lowest BCUT2D eigenvalue weighted by atomic mass is 10.1. The van der Waals surface area contributed by atoms with Crippen molar-refractivity contribution in [3.63, 3.8) is 0 Å². The van der Waals surface area contributed by atoms with E-state index in [-0.39, 0.29) is 17.2 Å². The number of nitrogens with one attached hydrogen (secondary N) is 1. The molecule has 4 rings (SSSR count). The molecule has 3 N–H and O–H groups in total. The van der Waals surface area contributed by atoms with Crippen molar-refractivity contribution in [1.82, 2.24) is 4.98 Å². The second-order valence-corrected chi connectivity index (χ2v) is 7.74. The first-order valence-corrected chi connectivity index (χ1v) is 10.1. The first-order valence-electron chi connectivity index (χ1n) is 8.86. The van der Waals surface area contributed by atoms with Gasteiger partial charge in [-0.3, -0.25) is 19.9 Å². The third-order valence-electron chi connectivity index (χ3n) is 4.46. The predicted octanol–water partition coefficient (Wildman–Crippen LogP) is 3.66. The largest absolute Gasteiger partial charge is 0.368 e. The number of nitrogens with zero attached hydrogens (tertiary/aromatic N) is 3. The maximum absolute atomic E-state index is 13.4. The molecule has 0 saturated carbocycles. The van der Waals surface area contributed by atoms with Gasteiger partial charge in [0.1, 0.15) is 17.6 Å². The number of halogens is 2. The summed E-state index contributed by atoms with van der Waals surface area (Å²) < 4.78 is 13.4. The molecule has 1 aliphatic heterocycles. The van der Waals surface area contributed by atoms with Crippen LogP contribution in [0.3, 0.4) is 0 Å². The van der Waals surface area contributed by atoms with Crippen LogP contribution in [-0.4, -0.2) is 28.6 Å². The number of thiazole rings is 1. The quantitative estimate of drug-likeness (QED) is 0.628. The zero-order valence-corrected chi connectivity index (χ0v) is 17.0. The molecule has 7 nitrogen and oxygen atoms in total. The molecule has 0 radical (unpaired) electrons. The zero-order valence-electron chi connectivity index (χ0n) is 15.4. The number of nitrogens with two attached hydrogens (primary N) is 1. The number of hydrazone groups is 1. The summed E-state index contributed by atoms with van der Waals surface area (Å²) in [5, 5.41) is 10.5. The van der Waals surface area contributed by atoms with Crippen molar-refractivity contribution in [3.05, 3.63) is 64.8 Å². The Balaban J connectivity index is 1.52. The number of amides is 2. The van der Waals surface area contributed by atoms with Crippen LogP contribution < -0.4 is 16.1 Å². The number of aromatic nitrogens is 1. The minimum Gasteiger partial charge on any atom is -0.368 e. The van der Waals surface area contributed by atoms with Crippen molar-refractivity contribution in [1.29, 1.82) is 0 Å². The Morgan fingerprint density at radius 3 is 2.70 bits per heavy atom. The van der Waals surface area contributed by atoms with Crippen LogP contribution >= 0.6 is 22.9 Å². The highest BCUT2D eigenvalue weighted by Gasteiger charge is 2.35. The molecule has 2 heterocycles. The van der Waals surface area contributed by atoms with E-state index in [9.17, 15) is 14.0 Å². The van der Waals surface area contributed by atoms with Crippen molar-refractivity contribution in [2.24, 2.45) is 10.8 Å². The van der Waals surface area contributed by atoms with Gasteiger partial charge in [0.25, 0.3) is 5.91 Å². The molecule has 1 aromatic heterocycles. The summed E-state index contributed by atoms with van der Waals surface area (Å²) in [6, 6.07) is 12.5. The van der Waals surface area contributed by atoms with Gasteiger partial charge in [0.05, 0.1) is 16.4 Å². The van der Waals surface area contributed by atoms with Crippen LogP contribution in [0.4, 0.5) is 15.2 Å². The average molecular weight is 444 g/mol. The third-order valence-corrected chi connectivity index (χ3v) is 5.51. The molecule has 30 heavy (non-hydrogen) atoms. The Morgan fingerprint density at radius 1 is 1.23 bits per heavy atom. The lowest BCUT2D eigenvalue weighted by Gasteiger charge is -2.20. The highest BCUT2D eigenvalue weighted by atomic mass is 35.5. The van der Waals surface area contributed by atoms with Crippen molar-refractivity contribution in [2.45, 2.75) is 12.5 Å². The van der Waals surface area contributed by atoms with E-state index < -0.39 is 23.7 Å². The Hall–Kier alpha value is -3.30. The van der Waals surface area contributed by atoms with Gasteiger partial charge in [0, 0.05) is 17.4 Å². The molecule has 0 aliphatic carbocycles. The second-order valence-electron chi connectivity index (χ2n) is 6.47. The van der Waals surface area contributed by atoms with Crippen LogP contribution in [0.25, 0.3) is 11.3 Å². The molecule has 0 spiro atoms. The van der Waals surface area contributed by atoms with Gasteiger partial charge in [-0.25, -0.2) is 9.37 Å². The molecular weight excluding hydrogens is 429 g/mol. The Kier molecular flexibility index (Phi) is 5.47. The lowest BCUT2D eigenvalue weighted by Crippen LogP contribution is -2.39. The Labute approximate surface area is 180 Å². The Bertz CT molecular complexity index is 1150. The monoisotopic (exact) mass is 443 g/mol. The number of hydrogen-bond acceptors (Lipinski definition) is 6. The fraction of sp³-hybridized carbons (Fsp3) is 0.100. The molecular formula is C20H15ClFN5O2S. The minimum atomic E-state index is -0.749. The van der Waals surface area contributed by atoms with Gasteiger partial charge in [0.2, 0.25) is 5.91 Å². The van der Waals surface area contributed by atoms with Gasteiger partial charge in [-0.05, 0) is 30.3 Å². The maximum Gasteiger partial charge on any atom is 0.273 e. The summed E-state index contributed by atoms with van der Waals surface area (Å²) in [5.41, 5.74) is 7.50. The molecule has 10 heteroatoms. The molecule has 152 valence electrons. The molecule has 3 aromatic rings. The Morgan fingerprint density at radius 2 is 2.00 bits per heavy atom. The number of primary amides is 1. The normalized spacial score (nSPS) is 15.7. The summed E-state index contributed by atoms with van der Waals surface area (Å²) >= 11 is 7.02. The van der Waals surface area contributed by atoms with Gasteiger partial charge >= 0.3 is 0 Å². The zero-order chi connectivity index (χ0) is 21.3. The fourth-order valence-electron chi connectivity index (χ4n) is 2.98. The van der Waals surface area contributed by atoms with Gasteiger partial charge in [0.15, 0.2) is 5.13 Å². The van der Waals surface area contributed by atoms with Crippen molar-refractivity contribution in [2.75, 3.05) is 10.3 Å². The molecule has 0 saturated heterocycles. The second kappa shape index (κ2) is 8.21. The first-order chi connectivity index (χ1) is 14.4. The van der Waals surface area contributed by atoms with Crippen LogP contribution in [0.5, 0.6) is 0 Å². The summed E-state index contributed by atoms with van der Waals surface area (Å²) in [6.45, 7) is 0. The van der Waals surface area contributed by atoms with E-state index >= 15 is 0 Å². The number of anilines is 2. The van der Waals surface area contributed by atoms with E-state index in [1.807, 2.05) is 6.07 Å². The van der Waals surface area contributed by atoms with E-state index in [1.165, 1.54) is 28.5 Å². The van der Waals surface area contributed by atoms with E-state index in [1.54, 1.807) is 35.7 Å². The average Bonchev–Trinajstić information content (AvgIpc) is 3.38. The van der Waals surface area contributed by atoms with Crippen molar-refractivity contribution < 1.29 is 14.0 Å². The number of carbonyl (C=O) groups excluding carboxylic acids is 2. The standard InChI is InChI=1S/C20H15ClFN5O2S/c21-13-8-11(6-7-14(13)22)16-10-30-20(24-16)25-19(29)15-9-17(18(23)28)27(26-15)12-4-2-1-3-5-12/h1-8,10,17H,9H2,(H2,23,28)(H,24,25,29). The van der Waals surface area contributed by atoms with Crippen LogP contribution in [0.1, 0.15) is 6.42 Å².